The van der Waals surface area contributed by atoms with Gasteiger partial charge in [-0.3, -0.25) is 4.90 Å². The fourth-order valence-electron chi connectivity index (χ4n) is 1.42. The Morgan fingerprint density at radius 1 is 1.75 bits per heavy atom. The molecule has 0 saturated carbocycles. The van der Waals surface area contributed by atoms with Gasteiger partial charge in [0.2, 0.25) is 0 Å². The van der Waals surface area contributed by atoms with Crippen molar-refractivity contribution in [2.45, 2.75) is 19.1 Å². The van der Waals surface area contributed by atoms with Gasteiger partial charge in [-0.1, -0.05) is 0 Å². The van der Waals surface area contributed by atoms with Gasteiger partial charge in [0, 0.05) is 18.5 Å². The summed E-state index contributed by atoms with van der Waals surface area (Å²) in [6.45, 7) is 3.71. The number of β-amino-alcohol motifs (C(OH)–C–C–N with tert-alkyl or cyclic N) is 1. The lowest BCUT2D eigenvalue weighted by Gasteiger charge is -2.39. The van der Waals surface area contributed by atoms with E-state index in [1.165, 1.54) is 0 Å². The molecule has 4 heteroatoms. The molecule has 1 N–H and O–H groups in total. The highest BCUT2D eigenvalue weighted by Crippen LogP contribution is 2.24. The van der Waals surface area contributed by atoms with E-state index in [4.69, 9.17) is 5.11 Å². The Morgan fingerprint density at radius 3 is 3.00 bits per heavy atom. The molecule has 2 rings (SSSR count). The lowest BCUT2D eigenvalue weighted by Crippen LogP contribution is -2.51. The first kappa shape index (κ1) is 8.16. The first-order chi connectivity index (χ1) is 5.77. The molecule has 0 bridgehead atoms. The van der Waals surface area contributed by atoms with Crippen molar-refractivity contribution in [3.8, 4) is 0 Å². The molecule has 1 aliphatic rings. The number of nitrogens with zero attached hydrogens (tertiary/aromatic N) is 2. The molecular weight excluding hydrogens is 172 g/mol. The van der Waals surface area contributed by atoms with E-state index < -0.39 is 0 Å². The van der Waals surface area contributed by atoms with Gasteiger partial charge in [0.1, 0.15) is 0 Å². The number of aliphatic hydroxyl groups excluding tert-OH is 1. The van der Waals surface area contributed by atoms with Crippen LogP contribution in [0, 0.1) is 0 Å². The van der Waals surface area contributed by atoms with Crippen molar-refractivity contribution in [2.75, 3.05) is 13.1 Å². The van der Waals surface area contributed by atoms with E-state index >= 15 is 0 Å². The number of hydrogen-bond donors (Lipinski definition) is 1. The molecule has 1 atom stereocenters. The second-order valence-corrected chi connectivity index (χ2v) is 3.92. The van der Waals surface area contributed by atoms with Crippen molar-refractivity contribution in [1.82, 2.24) is 9.88 Å². The molecule has 66 valence electrons. The van der Waals surface area contributed by atoms with Crippen LogP contribution in [0.25, 0.3) is 0 Å². The van der Waals surface area contributed by atoms with Gasteiger partial charge in [0.25, 0.3) is 0 Å². The van der Waals surface area contributed by atoms with Gasteiger partial charge < -0.3 is 5.11 Å². The maximum Gasteiger partial charge on any atom is 0.0795 e. The molecule has 0 spiro atoms. The van der Waals surface area contributed by atoms with Crippen LogP contribution in [0.1, 0.15) is 18.7 Å². The highest BCUT2D eigenvalue weighted by atomic mass is 32.1. The van der Waals surface area contributed by atoms with Crippen LogP contribution in [0.2, 0.25) is 0 Å². The first-order valence-electron chi connectivity index (χ1n) is 4.07. The van der Waals surface area contributed by atoms with Crippen LogP contribution in [0.15, 0.2) is 10.9 Å². The Labute approximate surface area is 75.7 Å². The molecule has 1 aliphatic heterocycles. The molecule has 12 heavy (non-hydrogen) atoms. The van der Waals surface area contributed by atoms with Crippen LogP contribution in [0.5, 0.6) is 0 Å². The second kappa shape index (κ2) is 3.12. The molecule has 1 aromatic rings. The molecule has 1 unspecified atom stereocenters. The Balaban J connectivity index is 1.97. The van der Waals surface area contributed by atoms with E-state index in [-0.39, 0.29) is 6.10 Å². The van der Waals surface area contributed by atoms with Crippen LogP contribution in [0.3, 0.4) is 0 Å². The van der Waals surface area contributed by atoms with E-state index in [1.807, 2.05) is 5.51 Å². The van der Waals surface area contributed by atoms with E-state index in [0.717, 1.165) is 18.8 Å². The number of hydrogen-bond acceptors (Lipinski definition) is 4. The Kier molecular flexibility index (Phi) is 2.12. The molecular formula is C8H12N2OS. The summed E-state index contributed by atoms with van der Waals surface area (Å²) < 4.78 is 0. The highest BCUT2D eigenvalue weighted by Gasteiger charge is 2.29. The van der Waals surface area contributed by atoms with Gasteiger partial charge in [0.15, 0.2) is 0 Å². The highest BCUT2D eigenvalue weighted by molar-refractivity contribution is 7.07. The van der Waals surface area contributed by atoms with Crippen LogP contribution in [-0.4, -0.2) is 34.2 Å². The number of aliphatic hydroxyl groups is 1. The summed E-state index contributed by atoms with van der Waals surface area (Å²) in [6.07, 6.45) is -0.119. The van der Waals surface area contributed by atoms with Crippen LogP contribution >= 0.6 is 11.3 Å². The molecule has 0 aromatic carbocycles. The Morgan fingerprint density at radius 2 is 2.50 bits per heavy atom. The summed E-state index contributed by atoms with van der Waals surface area (Å²) in [5.41, 5.74) is 2.97. The maximum atomic E-state index is 9.11. The zero-order chi connectivity index (χ0) is 8.55. The van der Waals surface area contributed by atoms with E-state index in [1.54, 1.807) is 11.3 Å². The van der Waals surface area contributed by atoms with E-state index in [2.05, 4.69) is 22.2 Å². The first-order valence-corrected chi connectivity index (χ1v) is 5.02. The van der Waals surface area contributed by atoms with Gasteiger partial charge in [-0.2, -0.15) is 0 Å². The normalized spacial score (nSPS) is 22.2. The smallest absolute Gasteiger partial charge is 0.0795 e. The Hall–Kier alpha value is -0.450. The fourth-order valence-corrected chi connectivity index (χ4v) is 2.06. The molecule has 0 radical (unpaired) electrons. The van der Waals surface area contributed by atoms with E-state index in [9.17, 15) is 0 Å². The van der Waals surface area contributed by atoms with Crippen molar-refractivity contribution < 1.29 is 5.11 Å². The monoisotopic (exact) mass is 184 g/mol. The van der Waals surface area contributed by atoms with Crippen LogP contribution in [-0.2, 0) is 0 Å². The number of thiazole rings is 1. The van der Waals surface area contributed by atoms with Gasteiger partial charge in [-0.25, -0.2) is 4.98 Å². The van der Waals surface area contributed by atoms with Crippen molar-refractivity contribution in [3.05, 3.63) is 16.6 Å². The van der Waals surface area contributed by atoms with Crippen molar-refractivity contribution in [2.24, 2.45) is 0 Å². The summed E-state index contributed by atoms with van der Waals surface area (Å²) in [4.78, 5) is 6.46. The SMILES string of the molecule is CC(c1cscn1)N1CC(O)C1. The molecule has 1 fully saturated rings. The zero-order valence-corrected chi connectivity index (χ0v) is 7.79. The third-order valence-electron chi connectivity index (χ3n) is 2.32. The van der Waals surface area contributed by atoms with Gasteiger partial charge in [0.05, 0.1) is 23.4 Å². The fraction of sp³-hybridized carbons (Fsp3) is 0.625. The average Bonchev–Trinajstić information content (AvgIpc) is 2.49. The van der Waals surface area contributed by atoms with Crippen molar-refractivity contribution in [1.29, 1.82) is 0 Å². The van der Waals surface area contributed by atoms with Crippen molar-refractivity contribution >= 4 is 11.3 Å². The quantitative estimate of drug-likeness (QED) is 0.741. The van der Waals surface area contributed by atoms with Gasteiger partial charge >= 0.3 is 0 Å². The largest absolute Gasteiger partial charge is 0.390 e. The predicted octanol–water partition coefficient (Wildman–Crippen LogP) is 0.881. The number of likely N-dealkylation sites (tertiary alicyclic amines) is 1. The van der Waals surface area contributed by atoms with Crippen LogP contribution in [0.4, 0.5) is 0 Å². The van der Waals surface area contributed by atoms with Gasteiger partial charge in [-0.05, 0) is 6.92 Å². The summed E-state index contributed by atoms with van der Waals surface area (Å²) >= 11 is 1.62. The predicted molar refractivity (Wildman–Crippen MR) is 48.1 cm³/mol. The van der Waals surface area contributed by atoms with E-state index in [0.29, 0.717) is 6.04 Å². The summed E-state index contributed by atoms with van der Waals surface area (Å²) in [5, 5.41) is 11.2. The number of rotatable bonds is 2. The summed E-state index contributed by atoms with van der Waals surface area (Å²) in [6, 6.07) is 0.361. The third-order valence-corrected chi connectivity index (χ3v) is 2.92. The van der Waals surface area contributed by atoms with Gasteiger partial charge in [-0.15, -0.1) is 11.3 Å². The molecule has 0 amide bonds. The van der Waals surface area contributed by atoms with Crippen molar-refractivity contribution in [3.63, 3.8) is 0 Å². The number of aromatic nitrogens is 1. The topological polar surface area (TPSA) is 36.4 Å². The second-order valence-electron chi connectivity index (χ2n) is 3.20. The van der Waals surface area contributed by atoms with Crippen LogP contribution < -0.4 is 0 Å². The molecule has 3 nitrogen and oxygen atoms in total. The lowest BCUT2D eigenvalue weighted by atomic mass is 10.1. The standard InChI is InChI=1S/C8H12N2OS/c1-6(8-4-12-5-9-8)10-2-7(11)3-10/h4-7,11H,2-3H2,1H3. The molecule has 2 heterocycles. The third kappa shape index (κ3) is 1.37. The molecule has 1 aromatic heterocycles. The lowest BCUT2D eigenvalue weighted by molar-refractivity contribution is -0.0219. The maximum absolute atomic E-state index is 9.11. The minimum atomic E-state index is -0.119. The molecule has 0 aliphatic carbocycles. The molecule has 1 saturated heterocycles. The average molecular weight is 184 g/mol. The minimum Gasteiger partial charge on any atom is -0.390 e. The zero-order valence-electron chi connectivity index (χ0n) is 6.97. The minimum absolute atomic E-state index is 0.119. The Bertz CT molecular complexity index is 244. The summed E-state index contributed by atoms with van der Waals surface area (Å²) in [7, 11) is 0. The summed E-state index contributed by atoms with van der Waals surface area (Å²) in [5.74, 6) is 0.